The highest BCUT2D eigenvalue weighted by atomic mass is 32.1. The number of carbonyl (C=O) groups is 1. The van der Waals surface area contributed by atoms with E-state index in [1.165, 1.54) is 17.4 Å². The largest absolute Gasteiger partial charge is 0.458 e. The van der Waals surface area contributed by atoms with Gasteiger partial charge in [0.15, 0.2) is 5.76 Å². The number of furan rings is 1. The highest BCUT2D eigenvalue weighted by Gasteiger charge is 2.18. The van der Waals surface area contributed by atoms with Crippen LogP contribution in [0, 0.1) is 19.7 Å². The maximum absolute atomic E-state index is 14.0. The molecule has 0 spiro atoms. The minimum atomic E-state index is -0.301. The third-order valence-corrected chi connectivity index (χ3v) is 6.09. The molecule has 1 amide bonds. The zero-order chi connectivity index (χ0) is 18.3. The molecule has 0 saturated carbocycles. The van der Waals surface area contributed by atoms with E-state index in [-0.39, 0.29) is 18.3 Å². The molecule has 3 aromatic heterocycles. The van der Waals surface area contributed by atoms with E-state index in [1.807, 2.05) is 30.5 Å². The predicted molar refractivity (Wildman–Crippen MR) is 102 cm³/mol. The predicted octanol–water partition coefficient (Wildman–Crippen LogP) is 5.30. The number of aryl methyl sites for hydroxylation is 2. The summed E-state index contributed by atoms with van der Waals surface area (Å²) in [5.74, 6) is 0.790. The Balaban J connectivity index is 1.50. The van der Waals surface area contributed by atoms with Gasteiger partial charge in [0.1, 0.15) is 17.3 Å². The zero-order valence-electron chi connectivity index (χ0n) is 14.1. The van der Waals surface area contributed by atoms with Gasteiger partial charge in [-0.05, 0) is 43.7 Å². The van der Waals surface area contributed by atoms with Gasteiger partial charge in [0.05, 0.1) is 16.4 Å². The second-order valence-corrected chi connectivity index (χ2v) is 7.98. The van der Waals surface area contributed by atoms with Gasteiger partial charge in [-0.2, -0.15) is 0 Å². The van der Waals surface area contributed by atoms with Crippen molar-refractivity contribution in [2.75, 3.05) is 0 Å². The maximum Gasteiger partial charge on any atom is 0.262 e. The molecule has 0 radical (unpaired) electrons. The smallest absolute Gasteiger partial charge is 0.262 e. The van der Waals surface area contributed by atoms with Crippen molar-refractivity contribution in [3.63, 3.8) is 0 Å². The lowest BCUT2D eigenvalue weighted by molar-refractivity contribution is 0.0951. The molecule has 0 aliphatic carbocycles. The second-order valence-electron chi connectivity index (χ2n) is 5.87. The van der Waals surface area contributed by atoms with Crippen molar-refractivity contribution in [1.29, 1.82) is 0 Å². The number of thiophene rings is 1. The Labute approximate surface area is 157 Å². The number of fused-ring (bicyclic) bond motifs is 1. The summed E-state index contributed by atoms with van der Waals surface area (Å²) in [5.41, 5.74) is 1.46. The summed E-state index contributed by atoms with van der Waals surface area (Å²) in [4.78, 5) is 17.4. The van der Waals surface area contributed by atoms with E-state index in [2.05, 4.69) is 10.3 Å². The van der Waals surface area contributed by atoms with Crippen LogP contribution in [0.4, 0.5) is 4.39 Å². The molecular weight excluding hydrogens is 371 g/mol. The summed E-state index contributed by atoms with van der Waals surface area (Å²) in [6.07, 6.45) is 0. The number of aromatic nitrogens is 1. The first kappa shape index (κ1) is 16.9. The minimum Gasteiger partial charge on any atom is -0.458 e. The fourth-order valence-corrected chi connectivity index (χ4v) is 4.55. The van der Waals surface area contributed by atoms with E-state index in [0.29, 0.717) is 27.3 Å². The van der Waals surface area contributed by atoms with Crippen LogP contribution in [0.5, 0.6) is 0 Å². The Morgan fingerprint density at radius 1 is 1.27 bits per heavy atom. The summed E-state index contributed by atoms with van der Waals surface area (Å²) in [6, 6.07) is 8.55. The van der Waals surface area contributed by atoms with Crippen LogP contribution in [0.2, 0.25) is 0 Å². The van der Waals surface area contributed by atoms with Crippen molar-refractivity contribution in [3.8, 4) is 11.5 Å². The van der Waals surface area contributed by atoms with Crippen LogP contribution < -0.4 is 5.32 Å². The molecule has 4 nitrogen and oxygen atoms in total. The topological polar surface area (TPSA) is 55.1 Å². The van der Waals surface area contributed by atoms with E-state index in [1.54, 1.807) is 24.3 Å². The molecule has 7 heteroatoms. The molecule has 0 aliphatic heterocycles. The number of nitrogens with zero attached hydrogens (tertiary/aromatic N) is 1. The van der Waals surface area contributed by atoms with Crippen molar-refractivity contribution >= 4 is 38.7 Å². The minimum absolute atomic E-state index is 0.231. The van der Waals surface area contributed by atoms with E-state index in [0.717, 1.165) is 15.4 Å². The van der Waals surface area contributed by atoms with E-state index in [4.69, 9.17) is 4.42 Å². The number of thiazole rings is 1. The lowest BCUT2D eigenvalue weighted by atomic mass is 10.1. The number of benzene rings is 1. The van der Waals surface area contributed by atoms with E-state index < -0.39 is 0 Å². The average Bonchev–Trinajstić information content (AvgIpc) is 3.32. The SMILES string of the molecule is Cc1nc(-c2ccc(CNC(=O)c3sc4cccc(F)c4c3C)o2)cs1. The molecule has 1 aromatic carbocycles. The molecule has 3 heterocycles. The van der Waals surface area contributed by atoms with Crippen molar-refractivity contribution < 1.29 is 13.6 Å². The number of nitrogens with one attached hydrogen (secondary N) is 1. The lowest BCUT2D eigenvalue weighted by Gasteiger charge is -2.02. The van der Waals surface area contributed by atoms with Gasteiger partial charge in [-0.3, -0.25) is 4.79 Å². The first-order chi connectivity index (χ1) is 12.5. The standard InChI is InChI=1S/C19H15FN2O2S2/c1-10-17-13(20)4-3-5-16(17)26-18(10)19(23)21-8-12-6-7-15(24-12)14-9-25-11(2)22-14/h3-7,9H,8H2,1-2H3,(H,21,23). The van der Waals surface area contributed by atoms with Gasteiger partial charge in [0.2, 0.25) is 0 Å². The van der Waals surface area contributed by atoms with Crippen LogP contribution in [0.25, 0.3) is 21.5 Å². The highest BCUT2D eigenvalue weighted by molar-refractivity contribution is 7.21. The molecule has 0 unspecified atom stereocenters. The van der Waals surface area contributed by atoms with Crippen LogP contribution in [0.3, 0.4) is 0 Å². The molecule has 0 aliphatic rings. The fraction of sp³-hybridized carbons (Fsp3) is 0.158. The Bertz CT molecular complexity index is 1110. The van der Waals surface area contributed by atoms with E-state index >= 15 is 0 Å². The quantitative estimate of drug-likeness (QED) is 0.517. The fourth-order valence-electron chi connectivity index (χ4n) is 2.80. The van der Waals surface area contributed by atoms with Gasteiger partial charge in [-0.1, -0.05) is 6.07 Å². The van der Waals surface area contributed by atoms with Crippen LogP contribution in [-0.4, -0.2) is 10.9 Å². The van der Waals surface area contributed by atoms with Gasteiger partial charge in [0, 0.05) is 15.5 Å². The first-order valence-electron chi connectivity index (χ1n) is 8.00. The Morgan fingerprint density at radius 3 is 2.85 bits per heavy atom. The molecule has 0 atom stereocenters. The van der Waals surface area contributed by atoms with Crippen molar-refractivity contribution in [2.45, 2.75) is 20.4 Å². The highest BCUT2D eigenvalue weighted by Crippen LogP contribution is 2.32. The molecule has 1 N–H and O–H groups in total. The number of hydrogen-bond donors (Lipinski definition) is 1. The molecule has 0 saturated heterocycles. The molecule has 4 aromatic rings. The lowest BCUT2D eigenvalue weighted by Crippen LogP contribution is -2.22. The normalized spacial score (nSPS) is 11.2. The average molecular weight is 386 g/mol. The number of hydrogen-bond acceptors (Lipinski definition) is 5. The third-order valence-electron chi connectivity index (χ3n) is 4.07. The van der Waals surface area contributed by atoms with Crippen molar-refractivity contribution in [3.05, 3.63) is 62.7 Å². The zero-order valence-corrected chi connectivity index (χ0v) is 15.8. The molecular formula is C19H15FN2O2S2. The summed E-state index contributed by atoms with van der Waals surface area (Å²) in [5, 5.41) is 6.27. The van der Waals surface area contributed by atoms with Gasteiger partial charge < -0.3 is 9.73 Å². The first-order valence-corrected chi connectivity index (χ1v) is 9.69. The Hall–Kier alpha value is -2.51. The van der Waals surface area contributed by atoms with Crippen molar-refractivity contribution in [2.24, 2.45) is 0 Å². The van der Waals surface area contributed by atoms with Gasteiger partial charge >= 0.3 is 0 Å². The van der Waals surface area contributed by atoms with Crippen LogP contribution in [-0.2, 0) is 6.54 Å². The Kier molecular flexibility index (Phi) is 4.34. The summed E-state index contributed by atoms with van der Waals surface area (Å²) in [7, 11) is 0. The summed E-state index contributed by atoms with van der Waals surface area (Å²) >= 11 is 2.85. The van der Waals surface area contributed by atoms with Gasteiger partial charge in [-0.15, -0.1) is 22.7 Å². The maximum atomic E-state index is 14.0. The molecule has 0 bridgehead atoms. The van der Waals surface area contributed by atoms with Gasteiger partial charge in [-0.25, -0.2) is 9.37 Å². The molecule has 132 valence electrons. The number of carbonyl (C=O) groups excluding carboxylic acids is 1. The molecule has 26 heavy (non-hydrogen) atoms. The third kappa shape index (κ3) is 3.04. The van der Waals surface area contributed by atoms with Crippen molar-refractivity contribution in [1.82, 2.24) is 10.3 Å². The molecule has 4 rings (SSSR count). The van der Waals surface area contributed by atoms with Crippen LogP contribution in [0.15, 0.2) is 40.1 Å². The summed E-state index contributed by atoms with van der Waals surface area (Å²) < 4.78 is 20.5. The monoisotopic (exact) mass is 386 g/mol. The number of rotatable bonds is 4. The van der Waals surface area contributed by atoms with Gasteiger partial charge in [0.25, 0.3) is 5.91 Å². The number of amides is 1. The Morgan fingerprint density at radius 2 is 2.12 bits per heavy atom. The summed E-state index contributed by atoms with van der Waals surface area (Å²) in [6.45, 7) is 3.97. The second kappa shape index (κ2) is 6.66. The molecule has 0 fully saturated rings. The van der Waals surface area contributed by atoms with E-state index in [9.17, 15) is 9.18 Å². The van der Waals surface area contributed by atoms with Crippen LogP contribution in [0.1, 0.15) is 26.0 Å². The van der Waals surface area contributed by atoms with Crippen LogP contribution >= 0.6 is 22.7 Å². The number of halogens is 1.